The molecule has 3 aromatic rings. The Balaban J connectivity index is 1.72. The number of hydrogen-bond donors (Lipinski definition) is 2. The first kappa shape index (κ1) is 29.1. The first-order chi connectivity index (χ1) is 18.4. The summed E-state index contributed by atoms with van der Waals surface area (Å²) in [5.41, 5.74) is 0.274. The second-order valence-corrected chi connectivity index (χ2v) is 9.76. The Bertz CT molecular complexity index is 1600. The molecule has 0 aliphatic rings. The molecule has 1 aromatic heterocycles. The molecule has 0 saturated heterocycles. The summed E-state index contributed by atoms with van der Waals surface area (Å²) in [6.07, 6.45) is 0.103. The van der Waals surface area contributed by atoms with Crippen molar-refractivity contribution in [1.82, 2.24) is 14.0 Å². The maximum Gasteiger partial charge on any atom is 0.331 e. The molecule has 39 heavy (non-hydrogen) atoms. The van der Waals surface area contributed by atoms with Gasteiger partial charge in [-0.1, -0.05) is 18.5 Å². The van der Waals surface area contributed by atoms with E-state index in [1.165, 1.54) is 41.8 Å². The first-order valence-electron chi connectivity index (χ1n) is 12.2. The summed E-state index contributed by atoms with van der Waals surface area (Å²) in [6, 6.07) is 11.2. The van der Waals surface area contributed by atoms with Gasteiger partial charge in [0.25, 0.3) is 5.56 Å². The zero-order valence-electron chi connectivity index (χ0n) is 22.1. The van der Waals surface area contributed by atoms with Gasteiger partial charge in [0, 0.05) is 44.9 Å². The third kappa shape index (κ3) is 6.91. The van der Waals surface area contributed by atoms with Gasteiger partial charge in [-0.25, -0.2) is 4.79 Å². The SMILES string of the molecule is CCn1c(=O)n(CC(=O)N(C)C)c(=O)c2cc(NC(=O)CC(C)CC(=O)Nc3ccc(C#N)c(Cl)c3)ccc21. The third-order valence-corrected chi connectivity index (χ3v) is 6.37. The number of rotatable bonds is 9. The summed E-state index contributed by atoms with van der Waals surface area (Å²) in [6.45, 7) is 3.40. The smallest absolute Gasteiger partial charge is 0.331 e. The van der Waals surface area contributed by atoms with Crippen molar-refractivity contribution in [3.8, 4) is 6.07 Å². The molecule has 11 nitrogen and oxygen atoms in total. The van der Waals surface area contributed by atoms with E-state index in [1.54, 1.807) is 32.0 Å². The standard InChI is InChI=1S/C27H29ClN6O5/c1-5-33-22-9-8-18(12-20(22)26(38)34(27(33)39)15-25(37)32(3)4)30-23(35)10-16(2)11-24(36)31-19-7-6-17(14-29)21(28)13-19/h6-9,12-13,16H,5,10-11,15H2,1-4H3,(H,30,35)(H,31,36). The molecule has 0 fully saturated rings. The summed E-state index contributed by atoms with van der Waals surface area (Å²) >= 11 is 6.00. The zero-order valence-corrected chi connectivity index (χ0v) is 22.8. The van der Waals surface area contributed by atoms with Gasteiger partial charge in [-0.2, -0.15) is 5.26 Å². The number of aromatic nitrogens is 2. The Labute approximate surface area is 229 Å². The quantitative estimate of drug-likeness (QED) is 0.417. The lowest BCUT2D eigenvalue weighted by Crippen LogP contribution is -2.43. The van der Waals surface area contributed by atoms with Crippen LogP contribution < -0.4 is 21.9 Å². The fourth-order valence-electron chi connectivity index (χ4n) is 4.04. The molecule has 0 aliphatic carbocycles. The highest BCUT2D eigenvalue weighted by atomic mass is 35.5. The van der Waals surface area contributed by atoms with Crippen molar-refractivity contribution in [3.63, 3.8) is 0 Å². The number of likely N-dealkylation sites (N-methyl/N-ethyl adjacent to an activating group) is 1. The Morgan fingerprint density at radius 3 is 2.13 bits per heavy atom. The van der Waals surface area contributed by atoms with Crippen molar-refractivity contribution in [2.75, 3.05) is 24.7 Å². The van der Waals surface area contributed by atoms with E-state index in [2.05, 4.69) is 10.6 Å². The Morgan fingerprint density at radius 1 is 1.00 bits per heavy atom. The van der Waals surface area contributed by atoms with Gasteiger partial charge in [-0.15, -0.1) is 0 Å². The van der Waals surface area contributed by atoms with Crippen LogP contribution in [0.4, 0.5) is 11.4 Å². The van der Waals surface area contributed by atoms with Gasteiger partial charge in [0.1, 0.15) is 12.6 Å². The number of nitrogens with one attached hydrogen (secondary N) is 2. The monoisotopic (exact) mass is 552 g/mol. The van der Waals surface area contributed by atoms with Crippen molar-refractivity contribution in [1.29, 1.82) is 5.26 Å². The van der Waals surface area contributed by atoms with Crippen molar-refractivity contribution >= 4 is 51.6 Å². The predicted octanol–water partition coefficient (Wildman–Crippen LogP) is 2.79. The number of benzene rings is 2. The highest BCUT2D eigenvalue weighted by Gasteiger charge is 2.18. The second kappa shape index (κ2) is 12.4. The van der Waals surface area contributed by atoms with E-state index in [1.807, 2.05) is 6.07 Å². The molecule has 0 bridgehead atoms. The highest BCUT2D eigenvalue weighted by molar-refractivity contribution is 6.32. The third-order valence-electron chi connectivity index (χ3n) is 6.06. The molecular weight excluding hydrogens is 524 g/mol. The molecule has 3 amide bonds. The van der Waals surface area contributed by atoms with E-state index in [0.29, 0.717) is 22.5 Å². The van der Waals surface area contributed by atoms with Crippen LogP contribution >= 0.6 is 11.6 Å². The summed E-state index contributed by atoms with van der Waals surface area (Å²) in [5.74, 6) is -1.38. The molecule has 0 spiro atoms. The maximum absolute atomic E-state index is 13.1. The Hall–Kier alpha value is -4.43. The molecule has 12 heteroatoms. The lowest BCUT2D eigenvalue weighted by atomic mass is 10.0. The topological polar surface area (TPSA) is 146 Å². The predicted molar refractivity (Wildman–Crippen MR) is 149 cm³/mol. The number of fused-ring (bicyclic) bond motifs is 1. The largest absolute Gasteiger partial charge is 0.347 e. The van der Waals surface area contributed by atoms with E-state index < -0.39 is 23.7 Å². The van der Waals surface area contributed by atoms with E-state index in [0.717, 1.165) is 4.57 Å². The number of carbonyl (C=O) groups is 3. The van der Waals surface area contributed by atoms with E-state index in [9.17, 15) is 24.0 Å². The van der Waals surface area contributed by atoms with Gasteiger partial charge >= 0.3 is 5.69 Å². The van der Waals surface area contributed by atoms with Crippen LogP contribution in [0.2, 0.25) is 5.02 Å². The van der Waals surface area contributed by atoms with Gasteiger partial charge in [-0.05, 0) is 49.2 Å². The number of halogens is 1. The van der Waals surface area contributed by atoms with Crippen LogP contribution in [-0.4, -0.2) is 45.9 Å². The number of anilines is 2. The normalized spacial score (nSPS) is 11.5. The zero-order chi connectivity index (χ0) is 28.9. The van der Waals surface area contributed by atoms with Crippen LogP contribution in [0.15, 0.2) is 46.0 Å². The minimum absolute atomic E-state index is 0.0373. The van der Waals surface area contributed by atoms with Crippen molar-refractivity contribution in [2.45, 2.75) is 39.8 Å². The summed E-state index contributed by atoms with van der Waals surface area (Å²) in [4.78, 5) is 64.6. The molecule has 2 aromatic carbocycles. The average Bonchev–Trinajstić information content (AvgIpc) is 2.86. The number of aryl methyl sites for hydroxylation is 1. The summed E-state index contributed by atoms with van der Waals surface area (Å²) in [5, 5.41) is 14.8. The molecule has 3 rings (SSSR count). The number of carbonyl (C=O) groups excluding carboxylic acids is 3. The highest BCUT2D eigenvalue weighted by Crippen LogP contribution is 2.21. The van der Waals surface area contributed by atoms with Gasteiger partial charge in [0.05, 0.1) is 21.5 Å². The number of nitriles is 1. The van der Waals surface area contributed by atoms with Crippen LogP contribution in [0, 0.1) is 17.2 Å². The molecule has 0 aliphatic heterocycles. The van der Waals surface area contributed by atoms with Gasteiger partial charge in [0.15, 0.2) is 0 Å². The van der Waals surface area contributed by atoms with Gasteiger partial charge in [-0.3, -0.25) is 28.3 Å². The fourth-order valence-corrected chi connectivity index (χ4v) is 4.26. The number of hydrogen-bond acceptors (Lipinski definition) is 6. The molecule has 1 atom stereocenters. The molecule has 1 heterocycles. The molecule has 0 saturated carbocycles. The van der Waals surface area contributed by atoms with Crippen LogP contribution in [0.5, 0.6) is 0 Å². The average molecular weight is 553 g/mol. The molecule has 1 unspecified atom stereocenters. The van der Waals surface area contributed by atoms with Gasteiger partial charge < -0.3 is 15.5 Å². The lowest BCUT2D eigenvalue weighted by Gasteiger charge is -2.16. The Morgan fingerprint density at radius 2 is 1.59 bits per heavy atom. The van der Waals surface area contributed by atoms with E-state index in [4.69, 9.17) is 16.9 Å². The van der Waals surface area contributed by atoms with Crippen molar-refractivity contribution in [2.24, 2.45) is 5.92 Å². The summed E-state index contributed by atoms with van der Waals surface area (Å²) in [7, 11) is 3.07. The molecule has 204 valence electrons. The van der Waals surface area contributed by atoms with Crippen LogP contribution in [0.3, 0.4) is 0 Å². The van der Waals surface area contributed by atoms with Crippen LogP contribution in [0.1, 0.15) is 32.3 Å². The molecular formula is C27H29ClN6O5. The number of nitrogens with zero attached hydrogens (tertiary/aromatic N) is 4. The lowest BCUT2D eigenvalue weighted by molar-refractivity contribution is -0.129. The van der Waals surface area contributed by atoms with Crippen molar-refractivity contribution in [3.05, 3.63) is 67.8 Å². The van der Waals surface area contributed by atoms with Crippen molar-refractivity contribution < 1.29 is 14.4 Å². The van der Waals surface area contributed by atoms with E-state index in [-0.39, 0.29) is 47.5 Å². The first-order valence-corrected chi connectivity index (χ1v) is 12.6. The molecule has 2 N–H and O–H groups in total. The second-order valence-electron chi connectivity index (χ2n) is 9.35. The summed E-state index contributed by atoms with van der Waals surface area (Å²) < 4.78 is 2.29. The fraction of sp³-hybridized carbons (Fsp3) is 0.333. The van der Waals surface area contributed by atoms with Gasteiger partial charge in [0.2, 0.25) is 17.7 Å². The van der Waals surface area contributed by atoms with Crippen LogP contribution in [0.25, 0.3) is 10.9 Å². The molecule has 0 radical (unpaired) electrons. The maximum atomic E-state index is 13.1. The minimum atomic E-state index is -0.626. The minimum Gasteiger partial charge on any atom is -0.347 e. The number of amides is 3. The Kier molecular flexibility index (Phi) is 9.27. The van der Waals surface area contributed by atoms with E-state index >= 15 is 0 Å². The van der Waals surface area contributed by atoms with Crippen LogP contribution in [-0.2, 0) is 27.5 Å².